The van der Waals surface area contributed by atoms with Gasteiger partial charge in [-0.05, 0) is 24.1 Å². The van der Waals surface area contributed by atoms with Crippen LogP contribution in [0, 0.1) is 5.82 Å². The molecule has 0 heterocycles. The third-order valence-corrected chi connectivity index (χ3v) is 3.27. The maximum absolute atomic E-state index is 13.1. The molecule has 0 saturated carbocycles. The Balaban J connectivity index is 2.38. The predicted molar refractivity (Wildman–Crippen MR) is 73.0 cm³/mol. The van der Waals surface area contributed by atoms with Crippen molar-refractivity contribution < 1.29 is 9.13 Å². The van der Waals surface area contributed by atoms with Crippen molar-refractivity contribution in [3.63, 3.8) is 0 Å². The second kappa shape index (κ2) is 8.65. The van der Waals surface area contributed by atoms with Gasteiger partial charge in [0.05, 0.1) is 6.10 Å². The molecule has 0 aliphatic heterocycles. The summed E-state index contributed by atoms with van der Waals surface area (Å²) in [6.45, 7) is 2.93. The lowest BCUT2D eigenvalue weighted by Gasteiger charge is -2.15. The Hall–Kier alpha value is -0.410. The van der Waals surface area contributed by atoms with Gasteiger partial charge in [0.2, 0.25) is 0 Å². The third kappa shape index (κ3) is 5.64. The first-order chi connectivity index (χ1) is 8.27. The molecule has 0 aliphatic rings. The molecule has 0 aromatic heterocycles. The van der Waals surface area contributed by atoms with Gasteiger partial charge in [0.25, 0.3) is 0 Å². The fourth-order valence-electron chi connectivity index (χ4n) is 1.69. The van der Waals surface area contributed by atoms with Crippen molar-refractivity contribution in [2.75, 3.05) is 11.9 Å². The van der Waals surface area contributed by atoms with E-state index in [0.29, 0.717) is 5.33 Å². The molecule has 1 aromatic rings. The molecule has 3 heteroatoms. The van der Waals surface area contributed by atoms with Crippen molar-refractivity contribution in [2.45, 2.75) is 38.7 Å². The average molecular weight is 303 g/mol. The minimum Gasteiger partial charge on any atom is -0.373 e. The lowest BCUT2D eigenvalue weighted by molar-refractivity contribution is 0.0666. The number of hydrogen-bond acceptors (Lipinski definition) is 1. The van der Waals surface area contributed by atoms with Gasteiger partial charge < -0.3 is 4.74 Å². The van der Waals surface area contributed by atoms with Gasteiger partial charge in [-0.2, -0.15) is 0 Å². The highest BCUT2D eigenvalue weighted by molar-refractivity contribution is 9.09. The van der Waals surface area contributed by atoms with Crippen LogP contribution in [-0.4, -0.2) is 11.9 Å². The average Bonchev–Trinajstić information content (AvgIpc) is 2.34. The van der Waals surface area contributed by atoms with E-state index < -0.39 is 0 Å². The molecular weight excluding hydrogens is 283 g/mol. The minimum atomic E-state index is -0.206. The maximum atomic E-state index is 13.1. The van der Waals surface area contributed by atoms with Crippen LogP contribution in [0.15, 0.2) is 24.3 Å². The van der Waals surface area contributed by atoms with Crippen molar-refractivity contribution in [1.29, 1.82) is 0 Å². The summed E-state index contributed by atoms with van der Waals surface area (Å²) in [5, 5.41) is 0.699. The van der Waals surface area contributed by atoms with Gasteiger partial charge in [0.15, 0.2) is 0 Å². The second-order valence-electron chi connectivity index (χ2n) is 4.13. The van der Waals surface area contributed by atoms with E-state index in [1.54, 1.807) is 6.07 Å². The first-order valence-electron chi connectivity index (χ1n) is 6.21. The summed E-state index contributed by atoms with van der Waals surface area (Å²) in [7, 11) is 0. The number of unbranched alkanes of at least 4 members (excludes halogenated alkanes) is 3. The van der Waals surface area contributed by atoms with E-state index >= 15 is 0 Å². The van der Waals surface area contributed by atoms with Crippen LogP contribution < -0.4 is 0 Å². The van der Waals surface area contributed by atoms with Crippen molar-refractivity contribution in [1.82, 2.24) is 0 Å². The van der Waals surface area contributed by atoms with Gasteiger partial charge in [-0.25, -0.2) is 4.39 Å². The van der Waals surface area contributed by atoms with Crippen LogP contribution in [-0.2, 0) is 4.74 Å². The molecule has 0 amide bonds. The van der Waals surface area contributed by atoms with Crippen molar-refractivity contribution >= 4 is 15.9 Å². The highest BCUT2D eigenvalue weighted by atomic mass is 79.9. The summed E-state index contributed by atoms with van der Waals surface area (Å²) in [6.07, 6.45) is 4.71. The summed E-state index contributed by atoms with van der Waals surface area (Å²) in [5.41, 5.74) is 0.900. The van der Waals surface area contributed by atoms with E-state index in [0.717, 1.165) is 18.6 Å². The Kier molecular flexibility index (Phi) is 7.45. The molecule has 0 bridgehead atoms. The summed E-state index contributed by atoms with van der Waals surface area (Å²) in [4.78, 5) is 0. The van der Waals surface area contributed by atoms with Crippen LogP contribution in [0.25, 0.3) is 0 Å². The van der Waals surface area contributed by atoms with Crippen molar-refractivity contribution in [2.24, 2.45) is 0 Å². The molecule has 96 valence electrons. The van der Waals surface area contributed by atoms with Gasteiger partial charge in [-0.15, -0.1) is 0 Å². The summed E-state index contributed by atoms with van der Waals surface area (Å²) < 4.78 is 18.8. The van der Waals surface area contributed by atoms with E-state index in [2.05, 4.69) is 22.9 Å². The van der Waals surface area contributed by atoms with E-state index in [9.17, 15) is 4.39 Å². The number of ether oxygens (including phenoxy) is 1. The number of halogens is 2. The van der Waals surface area contributed by atoms with Crippen LogP contribution in [0.2, 0.25) is 0 Å². The molecule has 0 aliphatic carbocycles. The smallest absolute Gasteiger partial charge is 0.123 e. The van der Waals surface area contributed by atoms with Crippen LogP contribution in [0.3, 0.4) is 0 Å². The Morgan fingerprint density at radius 2 is 2.12 bits per heavy atom. The monoisotopic (exact) mass is 302 g/mol. The molecule has 1 aromatic carbocycles. The molecule has 1 nitrogen and oxygen atoms in total. The van der Waals surface area contributed by atoms with Gasteiger partial charge in [0.1, 0.15) is 5.82 Å². The normalized spacial score (nSPS) is 12.6. The molecule has 0 fully saturated rings. The lowest BCUT2D eigenvalue weighted by Crippen LogP contribution is -2.07. The fraction of sp³-hybridized carbons (Fsp3) is 0.571. The Bertz CT molecular complexity index is 317. The fourth-order valence-corrected chi connectivity index (χ4v) is 2.25. The van der Waals surface area contributed by atoms with E-state index in [1.807, 2.05) is 6.07 Å². The predicted octanol–water partition coefficient (Wildman–Crippen LogP) is 4.86. The molecule has 1 atom stereocenters. The van der Waals surface area contributed by atoms with Gasteiger partial charge in [-0.1, -0.05) is 54.2 Å². The van der Waals surface area contributed by atoms with Crippen LogP contribution in [0.5, 0.6) is 0 Å². The molecule has 1 unspecified atom stereocenters. The SMILES string of the molecule is CCCCCCOC(CBr)c1cccc(F)c1. The molecule has 17 heavy (non-hydrogen) atoms. The summed E-state index contributed by atoms with van der Waals surface area (Å²) in [5.74, 6) is -0.206. The first-order valence-corrected chi connectivity index (χ1v) is 7.33. The first kappa shape index (κ1) is 14.7. The van der Waals surface area contributed by atoms with Crippen LogP contribution in [0.4, 0.5) is 4.39 Å². The molecule has 0 saturated heterocycles. The standard InChI is InChI=1S/C14H20BrFO/c1-2-3-4-5-9-17-14(11-15)12-7-6-8-13(16)10-12/h6-8,10,14H,2-5,9,11H2,1H3. The summed E-state index contributed by atoms with van der Waals surface area (Å²) in [6, 6.07) is 6.62. The number of hydrogen-bond donors (Lipinski definition) is 0. The molecule has 1 rings (SSSR count). The van der Waals surface area contributed by atoms with Crippen molar-refractivity contribution in [3.05, 3.63) is 35.6 Å². The Labute approximate surface area is 111 Å². The number of rotatable bonds is 8. The summed E-state index contributed by atoms with van der Waals surface area (Å²) >= 11 is 3.41. The van der Waals surface area contributed by atoms with E-state index in [-0.39, 0.29) is 11.9 Å². The highest BCUT2D eigenvalue weighted by Crippen LogP contribution is 2.21. The zero-order valence-corrected chi connectivity index (χ0v) is 11.9. The second-order valence-corrected chi connectivity index (χ2v) is 4.78. The zero-order chi connectivity index (χ0) is 12.5. The van der Waals surface area contributed by atoms with Gasteiger partial charge in [0, 0.05) is 11.9 Å². The van der Waals surface area contributed by atoms with Gasteiger partial charge in [-0.3, -0.25) is 0 Å². The van der Waals surface area contributed by atoms with E-state index in [1.165, 1.54) is 31.4 Å². The third-order valence-electron chi connectivity index (χ3n) is 2.68. The number of alkyl halides is 1. The number of benzene rings is 1. The lowest BCUT2D eigenvalue weighted by atomic mass is 10.1. The molecule has 0 N–H and O–H groups in total. The topological polar surface area (TPSA) is 9.23 Å². The molecule has 0 spiro atoms. The largest absolute Gasteiger partial charge is 0.373 e. The zero-order valence-electron chi connectivity index (χ0n) is 10.3. The quantitative estimate of drug-likeness (QED) is 0.492. The van der Waals surface area contributed by atoms with Gasteiger partial charge >= 0.3 is 0 Å². The maximum Gasteiger partial charge on any atom is 0.123 e. The molecule has 0 radical (unpaired) electrons. The van der Waals surface area contributed by atoms with Crippen LogP contribution >= 0.6 is 15.9 Å². The Morgan fingerprint density at radius 3 is 2.76 bits per heavy atom. The van der Waals surface area contributed by atoms with E-state index in [4.69, 9.17) is 4.74 Å². The van der Waals surface area contributed by atoms with Crippen LogP contribution in [0.1, 0.15) is 44.3 Å². The highest BCUT2D eigenvalue weighted by Gasteiger charge is 2.10. The molecular formula is C14H20BrFO. The Morgan fingerprint density at radius 1 is 1.29 bits per heavy atom. The van der Waals surface area contributed by atoms with Crippen molar-refractivity contribution in [3.8, 4) is 0 Å². The minimum absolute atomic E-state index is 0.0488.